The number of hydrogen-bond acceptors (Lipinski definition) is 5. The maximum atomic E-state index is 11.7. The fourth-order valence-electron chi connectivity index (χ4n) is 1.45. The van der Waals surface area contributed by atoms with Crippen molar-refractivity contribution in [2.45, 2.75) is 0 Å². The zero-order valence-corrected chi connectivity index (χ0v) is 10.6. The van der Waals surface area contributed by atoms with Crippen LogP contribution in [-0.2, 0) is 0 Å². The van der Waals surface area contributed by atoms with E-state index in [4.69, 9.17) is 31.5 Å². The van der Waals surface area contributed by atoms with Gasteiger partial charge < -0.3 is 19.9 Å². The predicted molar refractivity (Wildman–Crippen MR) is 64.5 cm³/mol. The summed E-state index contributed by atoms with van der Waals surface area (Å²) in [4.78, 5) is 11.7. The number of ketones is 1. The number of halogens is 1. The maximum absolute atomic E-state index is 11.7. The van der Waals surface area contributed by atoms with Gasteiger partial charge in [0.15, 0.2) is 17.3 Å². The molecule has 0 amide bonds. The van der Waals surface area contributed by atoms with E-state index in [2.05, 4.69) is 0 Å². The quantitative estimate of drug-likeness (QED) is 0.812. The van der Waals surface area contributed by atoms with Crippen LogP contribution in [-0.4, -0.2) is 33.7 Å². The van der Waals surface area contributed by atoms with Gasteiger partial charge in [0.25, 0.3) is 0 Å². The lowest BCUT2D eigenvalue weighted by Gasteiger charge is -2.15. The van der Waals surface area contributed by atoms with Crippen LogP contribution >= 0.6 is 11.6 Å². The number of carbonyl (C=O) groups is 1. The summed E-state index contributed by atoms with van der Waals surface area (Å²) >= 11 is 6.06. The fraction of sp³-hybridized carbons (Fsp3) is 0.364. The Morgan fingerprint density at radius 3 is 2.24 bits per heavy atom. The Bertz CT molecular complexity index is 434. The highest BCUT2D eigenvalue weighted by Gasteiger charge is 2.23. The Morgan fingerprint density at radius 2 is 1.82 bits per heavy atom. The zero-order chi connectivity index (χ0) is 13.0. The molecule has 0 unspecified atom stereocenters. The van der Waals surface area contributed by atoms with Crippen LogP contribution in [0.15, 0.2) is 6.07 Å². The molecule has 17 heavy (non-hydrogen) atoms. The molecular weight excluding hydrogens is 246 g/mol. The number of nitrogens with two attached hydrogens (primary N) is 1. The second-order valence-corrected chi connectivity index (χ2v) is 3.51. The molecule has 0 heterocycles. The molecule has 0 spiro atoms. The van der Waals surface area contributed by atoms with Crippen molar-refractivity contribution in [3.8, 4) is 17.2 Å². The first kappa shape index (κ1) is 13.6. The Hall–Kier alpha value is -1.46. The van der Waals surface area contributed by atoms with Crippen molar-refractivity contribution in [1.29, 1.82) is 0 Å². The molecule has 5 nitrogen and oxygen atoms in total. The number of hydrogen-bond donors (Lipinski definition) is 1. The number of carbonyl (C=O) groups excluding carboxylic acids is 1. The van der Waals surface area contributed by atoms with E-state index in [9.17, 15) is 4.79 Å². The van der Waals surface area contributed by atoms with Gasteiger partial charge in [-0.2, -0.15) is 0 Å². The summed E-state index contributed by atoms with van der Waals surface area (Å²) in [7, 11) is 4.33. The van der Waals surface area contributed by atoms with Crippen molar-refractivity contribution in [3.63, 3.8) is 0 Å². The van der Waals surface area contributed by atoms with E-state index < -0.39 is 0 Å². The molecule has 2 N–H and O–H groups in total. The second kappa shape index (κ2) is 5.75. The lowest BCUT2D eigenvalue weighted by Crippen LogP contribution is -2.16. The number of ether oxygens (including phenoxy) is 3. The standard InChI is InChI=1S/C11H14ClNO4/c1-15-7-4-8(16-2)11(17-3)9(10(7)12)6(14)5-13/h4H,5,13H2,1-3H3. The third-order valence-electron chi connectivity index (χ3n) is 2.26. The predicted octanol–water partition coefficient (Wildman–Crippen LogP) is 1.51. The van der Waals surface area contributed by atoms with Gasteiger partial charge in [-0.3, -0.25) is 4.79 Å². The normalized spacial score (nSPS) is 9.94. The molecule has 0 aliphatic carbocycles. The van der Waals surface area contributed by atoms with Crippen LogP contribution in [0.3, 0.4) is 0 Å². The largest absolute Gasteiger partial charge is 0.495 e. The van der Waals surface area contributed by atoms with Crippen LogP contribution in [0.5, 0.6) is 17.2 Å². The molecule has 1 aromatic carbocycles. The molecule has 0 bridgehead atoms. The van der Waals surface area contributed by atoms with Crippen LogP contribution in [0.1, 0.15) is 10.4 Å². The first-order valence-electron chi connectivity index (χ1n) is 4.82. The number of benzene rings is 1. The van der Waals surface area contributed by atoms with E-state index in [1.165, 1.54) is 21.3 Å². The highest BCUT2D eigenvalue weighted by molar-refractivity contribution is 6.36. The van der Waals surface area contributed by atoms with E-state index in [0.717, 1.165) is 0 Å². The highest BCUT2D eigenvalue weighted by atomic mass is 35.5. The van der Waals surface area contributed by atoms with Gasteiger partial charge in [0.2, 0.25) is 0 Å². The van der Waals surface area contributed by atoms with Crippen molar-refractivity contribution in [1.82, 2.24) is 0 Å². The van der Waals surface area contributed by atoms with Gasteiger partial charge in [0.1, 0.15) is 5.75 Å². The van der Waals surface area contributed by atoms with Crippen LogP contribution in [0.25, 0.3) is 0 Å². The average Bonchev–Trinajstić information content (AvgIpc) is 2.36. The average molecular weight is 260 g/mol. The van der Waals surface area contributed by atoms with Crippen LogP contribution in [0.2, 0.25) is 5.02 Å². The van der Waals surface area contributed by atoms with Crippen molar-refractivity contribution >= 4 is 17.4 Å². The summed E-state index contributed by atoms with van der Waals surface area (Å²) in [5, 5.41) is 0.167. The lowest BCUT2D eigenvalue weighted by molar-refractivity contribution is 0.0997. The minimum atomic E-state index is -0.343. The summed E-state index contributed by atoms with van der Waals surface area (Å²) in [6.45, 7) is -0.174. The Labute approximate surface area is 104 Å². The van der Waals surface area contributed by atoms with Gasteiger partial charge in [-0.05, 0) is 0 Å². The van der Waals surface area contributed by atoms with Crippen molar-refractivity contribution in [2.75, 3.05) is 27.9 Å². The summed E-state index contributed by atoms with van der Waals surface area (Å²) in [5.41, 5.74) is 5.51. The van der Waals surface area contributed by atoms with Crippen molar-refractivity contribution in [3.05, 3.63) is 16.7 Å². The number of methoxy groups -OCH3 is 3. The monoisotopic (exact) mass is 259 g/mol. The van der Waals surface area contributed by atoms with Gasteiger partial charge in [0.05, 0.1) is 38.5 Å². The number of rotatable bonds is 5. The van der Waals surface area contributed by atoms with E-state index in [0.29, 0.717) is 11.5 Å². The first-order chi connectivity index (χ1) is 8.10. The van der Waals surface area contributed by atoms with E-state index in [1.807, 2.05) is 0 Å². The molecule has 0 aliphatic heterocycles. The fourth-order valence-corrected chi connectivity index (χ4v) is 1.77. The highest BCUT2D eigenvalue weighted by Crippen LogP contribution is 2.42. The Balaban J connectivity index is 3.55. The molecule has 0 aromatic heterocycles. The van der Waals surface area contributed by atoms with E-state index in [-0.39, 0.29) is 28.7 Å². The smallest absolute Gasteiger partial charge is 0.181 e. The van der Waals surface area contributed by atoms with E-state index in [1.54, 1.807) is 6.07 Å². The molecule has 0 radical (unpaired) electrons. The summed E-state index contributed by atoms with van der Waals surface area (Å²) in [6.07, 6.45) is 0. The van der Waals surface area contributed by atoms with Crippen molar-refractivity contribution < 1.29 is 19.0 Å². The van der Waals surface area contributed by atoms with Gasteiger partial charge in [-0.1, -0.05) is 11.6 Å². The summed E-state index contributed by atoms with van der Waals surface area (Å²) in [6, 6.07) is 1.55. The molecule has 0 fully saturated rings. The molecule has 0 saturated heterocycles. The lowest BCUT2D eigenvalue weighted by atomic mass is 10.1. The van der Waals surface area contributed by atoms with Crippen LogP contribution in [0.4, 0.5) is 0 Å². The second-order valence-electron chi connectivity index (χ2n) is 3.13. The Kier molecular flexibility index (Phi) is 4.60. The summed E-state index contributed by atoms with van der Waals surface area (Å²) in [5.74, 6) is 0.615. The van der Waals surface area contributed by atoms with Gasteiger partial charge in [0, 0.05) is 6.07 Å². The number of Topliss-reactive ketones (excluding diaryl/α,β-unsaturated/α-hetero) is 1. The molecule has 0 saturated carbocycles. The summed E-state index contributed by atoms with van der Waals surface area (Å²) < 4.78 is 15.3. The molecule has 1 aromatic rings. The SMILES string of the molecule is COc1cc(OC)c(OC)c(C(=O)CN)c1Cl. The van der Waals surface area contributed by atoms with Gasteiger partial charge in [-0.25, -0.2) is 0 Å². The topological polar surface area (TPSA) is 70.8 Å². The van der Waals surface area contributed by atoms with Gasteiger partial charge in [-0.15, -0.1) is 0 Å². The molecular formula is C11H14ClNO4. The van der Waals surface area contributed by atoms with E-state index >= 15 is 0 Å². The van der Waals surface area contributed by atoms with Crippen LogP contribution < -0.4 is 19.9 Å². The maximum Gasteiger partial charge on any atom is 0.181 e. The zero-order valence-electron chi connectivity index (χ0n) is 9.87. The first-order valence-corrected chi connectivity index (χ1v) is 5.20. The van der Waals surface area contributed by atoms with Crippen molar-refractivity contribution in [2.24, 2.45) is 5.73 Å². The minimum absolute atomic E-state index is 0.167. The third-order valence-corrected chi connectivity index (χ3v) is 2.63. The van der Waals surface area contributed by atoms with Gasteiger partial charge >= 0.3 is 0 Å². The molecule has 94 valence electrons. The molecule has 0 atom stereocenters. The Morgan fingerprint density at radius 1 is 1.24 bits per heavy atom. The molecule has 1 rings (SSSR count). The minimum Gasteiger partial charge on any atom is -0.495 e. The van der Waals surface area contributed by atoms with Crippen LogP contribution in [0, 0.1) is 0 Å². The molecule has 0 aliphatic rings. The third kappa shape index (κ3) is 2.45. The molecule has 6 heteroatoms.